The van der Waals surface area contributed by atoms with Crippen LogP contribution in [0.25, 0.3) is 0 Å². The highest BCUT2D eigenvalue weighted by atomic mass is 16.5. The van der Waals surface area contributed by atoms with Crippen molar-refractivity contribution in [3.05, 3.63) is 23.8 Å². The summed E-state index contributed by atoms with van der Waals surface area (Å²) in [5.74, 6) is -0.304. The molecule has 0 aliphatic carbocycles. The van der Waals surface area contributed by atoms with Crippen LogP contribution in [0.1, 0.15) is 12.0 Å². The van der Waals surface area contributed by atoms with Crippen LogP contribution in [-0.4, -0.2) is 57.6 Å². The zero-order valence-electron chi connectivity index (χ0n) is 14.3. The van der Waals surface area contributed by atoms with Gasteiger partial charge in [0.2, 0.25) is 11.8 Å². The highest BCUT2D eigenvalue weighted by Crippen LogP contribution is 2.33. The number of rotatable bonds is 6. The molecule has 0 saturated carbocycles. The van der Waals surface area contributed by atoms with Crippen LogP contribution in [-0.2, 0) is 9.59 Å². The lowest BCUT2D eigenvalue weighted by atomic mass is 10.1. The molecule has 1 fully saturated rings. The second-order valence-corrected chi connectivity index (χ2v) is 6.10. The third kappa shape index (κ3) is 4.01. The van der Waals surface area contributed by atoms with Gasteiger partial charge in [0.05, 0.1) is 12.8 Å². The fourth-order valence-corrected chi connectivity index (χ4v) is 2.70. The maximum atomic E-state index is 12.6. The Balaban J connectivity index is 2.07. The minimum absolute atomic E-state index is 0.156. The molecule has 1 aromatic rings. The van der Waals surface area contributed by atoms with Gasteiger partial charge in [-0.15, -0.1) is 0 Å². The zero-order chi connectivity index (χ0) is 17.0. The summed E-state index contributed by atoms with van der Waals surface area (Å²) >= 11 is 0. The molecular weight excluding hydrogens is 294 g/mol. The number of likely N-dealkylation sites (N-methyl/N-ethyl adjacent to an activating group) is 1. The molecule has 6 nitrogen and oxygen atoms in total. The van der Waals surface area contributed by atoms with Gasteiger partial charge in [0.1, 0.15) is 11.7 Å². The maximum Gasteiger partial charge on any atom is 0.239 e. The Bertz CT molecular complexity index is 586. The quantitative estimate of drug-likeness (QED) is 0.796. The molecule has 1 aliphatic rings. The van der Waals surface area contributed by atoms with Crippen molar-refractivity contribution >= 4 is 17.5 Å². The number of methoxy groups -OCH3 is 1. The third-order valence-electron chi connectivity index (χ3n) is 4.01. The number of hydrogen-bond donors (Lipinski definition) is 1. The SMILES string of the molecule is COc1ccc(C)cc1N1CCC(C(=O)NCCN(C)C)C1=O. The fourth-order valence-electron chi connectivity index (χ4n) is 2.70. The van der Waals surface area contributed by atoms with Crippen molar-refractivity contribution in [3.8, 4) is 5.75 Å². The van der Waals surface area contributed by atoms with Crippen molar-refractivity contribution in [1.82, 2.24) is 10.2 Å². The summed E-state index contributed by atoms with van der Waals surface area (Å²) in [6.07, 6.45) is 0.531. The number of amides is 2. The van der Waals surface area contributed by atoms with Gasteiger partial charge in [0, 0.05) is 19.6 Å². The van der Waals surface area contributed by atoms with Gasteiger partial charge < -0.3 is 19.9 Å². The largest absolute Gasteiger partial charge is 0.495 e. The van der Waals surface area contributed by atoms with E-state index in [1.165, 1.54) is 0 Å². The van der Waals surface area contributed by atoms with Crippen molar-refractivity contribution in [2.75, 3.05) is 45.7 Å². The standard InChI is InChI=1S/C17H25N3O3/c1-12-5-6-15(23-4)14(11-12)20-9-7-13(17(20)22)16(21)18-8-10-19(2)3/h5-6,11,13H,7-10H2,1-4H3,(H,18,21). The minimum Gasteiger partial charge on any atom is -0.495 e. The second kappa shape index (κ2) is 7.46. The summed E-state index contributed by atoms with van der Waals surface area (Å²) in [5, 5.41) is 2.84. The Labute approximate surface area is 137 Å². The van der Waals surface area contributed by atoms with Crippen LogP contribution in [0.5, 0.6) is 5.75 Å². The molecule has 23 heavy (non-hydrogen) atoms. The predicted molar refractivity (Wildman–Crippen MR) is 89.8 cm³/mol. The second-order valence-electron chi connectivity index (χ2n) is 6.10. The molecule has 2 amide bonds. The number of carbonyl (C=O) groups excluding carboxylic acids is 2. The molecule has 126 valence electrons. The van der Waals surface area contributed by atoms with Gasteiger partial charge >= 0.3 is 0 Å². The molecule has 1 saturated heterocycles. The van der Waals surface area contributed by atoms with E-state index in [0.29, 0.717) is 25.3 Å². The van der Waals surface area contributed by atoms with E-state index in [4.69, 9.17) is 4.74 Å². The van der Waals surface area contributed by atoms with Gasteiger partial charge in [-0.05, 0) is 45.1 Å². The lowest BCUT2D eigenvalue weighted by molar-refractivity contribution is -0.132. The molecule has 0 radical (unpaired) electrons. The van der Waals surface area contributed by atoms with Crippen LogP contribution in [0.3, 0.4) is 0 Å². The first-order valence-corrected chi connectivity index (χ1v) is 7.82. The smallest absolute Gasteiger partial charge is 0.239 e. The van der Waals surface area contributed by atoms with Crippen LogP contribution >= 0.6 is 0 Å². The monoisotopic (exact) mass is 319 g/mol. The Morgan fingerprint density at radius 2 is 2.17 bits per heavy atom. The van der Waals surface area contributed by atoms with Crippen molar-refractivity contribution in [3.63, 3.8) is 0 Å². The van der Waals surface area contributed by atoms with Crippen LogP contribution in [0.4, 0.5) is 5.69 Å². The summed E-state index contributed by atoms with van der Waals surface area (Å²) in [6, 6.07) is 5.71. The van der Waals surface area contributed by atoms with Crippen molar-refractivity contribution in [1.29, 1.82) is 0 Å². The summed E-state index contributed by atoms with van der Waals surface area (Å²) in [6.45, 7) is 3.80. The van der Waals surface area contributed by atoms with E-state index in [0.717, 1.165) is 17.8 Å². The third-order valence-corrected chi connectivity index (χ3v) is 4.01. The normalized spacial score (nSPS) is 17.7. The van der Waals surface area contributed by atoms with Crippen molar-refractivity contribution in [2.24, 2.45) is 5.92 Å². The Kier molecular flexibility index (Phi) is 5.60. The topological polar surface area (TPSA) is 61.9 Å². The van der Waals surface area contributed by atoms with Gasteiger partial charge in [0.25, 0.3) is 0 Å². The molecule has 0 bridgehead atoms. The number of benzene rings is 1. The van der Waals surface area contributed by atoms with Crippen molar-refractivity contribution < 1.29 is 14.3 Å². The molecular formula is C17H25N3O3. The predicted octanol–water partition coefficient (Wildman–Crippen LogP) is 1.03. The van der Waals surface area contributed by atoms with E-state index in [1.807, 2.05) is 44.1 Å². The number of hydrogen-bond acceptors (Lipinski definition) is 4. The Hall–Kier alpha value is -2.08. The lowest BCUT2D eigenvalue weighted by Crippen LogP contribution is -2.39. The van der Waals surface area contributed by atoms with E-state index in [9.17, 15) is 9.59 Å². The van der Waals surface area contributed by atoms with Crippen LogP contribution in [0.15, 0.2) is 18.2 Å². The number of nitrogens with one attached hydrogen (secondary N) is 1. The Morgan fingerprint density at radius 1 is 1.43 bits per heavy atom. The molecule has 1 atom stereocenters. The molecule has 0 spiro atoms. The van der Waals surface area contributed by atoms with Gasteiger partial charge in [-0.2, -0.15) is 0 Å². The first kappa shape index (κ1) is 17.3. The number of anilines is 1. The number of nitrogens with zero attached hydrogens (tertiary/aromatic N) is 2. The maximum absolute atomic E-state index is 12.6. The summed E-state index contributed by atoms with van der Waals surface area (Å²) in [7, 11) is 5.47. The van der Waals surface area contributed by atoms with E-state index in [-0.39, 0.29) is 11.8 Å². The number of carbonyl (C=O) groups is 2. The summed E-state index contributed by atoms with van der Waals surface area (Å²) < 4.78 is 5.35. The van der Waals surface area contributed by atoms with E-state index in [1.54, 1.807) is 12.0 Å². The molecule has 1 heterocycles. The fraction of sp³-hybridized carbons (Fsp3) is 0.529. The first-order valence-electron chi connectivity index (χ1n) is 7.82. The molecule has 1 aliphatic heterocycles. The Morgan fingerprint density at radius 3 is 2.83 bits per heavy atom. The molecule has 0 aromatic heterocycles. The highest BCUT2D eigenvalue weighted by molar-refractivity contribution is 6.10. The van der Waals surface area contributed by atoms with Gasteiger partial charge in [-0.1, -0.05) is 6.07 Å². The summed E-state index contributed by atoms with van der Waals surface area (Å²) in [4.78, 5) is 28.5. The van der Waals surface area contributed by atoms with Crippen LogP contribution < -0.4 is 15.0 Å². The molecule has 1 unspecified atom stereocenters. The molecule has 2 rings (SSSR count). The molecule has 1 aromatic carbocycles. The summed E-state index contributed by atoms with van der Waals surface area (Å²) in [5.41, 5.74) is 1.79. The van der Waals surface area contributed by atoms with Crippen LogP contribution in [0.2, 0.25) is 0 Å². The van der Waals surface area contributed by atoms with Crippen LogP contribution in [0, 0.1) is 12.8 Å². The van der Waals surface area contributed by atoms with E-state index in [2.05, 4.69) is 5.32 Å². The average Bonchev–Trinajstić information content (AvgIpc) is 2.88. The van der Waals surface area contributed by atoms with E-state index >= 15 is 0 Å². The average molecular weight is 319 g/mol. The number of aryl methyl sites for hydroxylation is 1. The zero-order valence-corrected chi connectivity index (χ0v) is 14.3. The molecule has 6 heteroatoms. The van der Waals surface area contributed by atoms with E-state index < -0.39 is 5.92 Å². The van der Waals surface area contributed by atoms with Gasteiger partial charge in [0.15, 0.2) is 0 Å². The van der Waals surface area contributed by atoms with Gasteiger partial charge in [-0.3, -0.25) is 9.59 Å². The highest BCUT2D eigenvalue weighted by Gasteiger charge is 2.38. The lowest BCUT2D eigenvalue weighted by Gasteiger charge is -2.20. The van der Waals surface area contributed by atoms with Crippen molar-refractivity contribution in [2.45, 2.75) is 13.3 Å². The van der Waals surface area contributed by atoms with Gasteiger partial charge in [-0.25, -0.2) is 0 Å². The number of ether oxygens (including phenoxy) is 1. The first-order chi connectivity index (χ1) is 10.9. The minimum atomic E-state index is -0.609. The molecule has 1 N–H and O–H groups in total.